The quantitative estimate of drug-likeness (QED) is 0.909. The van der Waals surface area contributed by atoms with E-state index in [1.54, 1.807) is 7.05 Å². The summed E-state index contributed by atoms with van der Waals surface area (Å²) in [5.74, 6) is 0.238. The molecule has 1 heterocycles. The van der Waals surface area contributed by atoms with E-state index in [0.29, 0.717) is 13.2 Å². The minimum atomic E-state index is -4.43. The molecule has 0 saturated heterocycles. The van der Waals surface area contributed by atoms with Crippen LogP contribution >= 0.6 is 0 Å². The van der Waals surface area contributed by atoms with Crippen LogP contribution in [0.25, 0.3) is 5.69 Å². The number of methoxy groups -OCH3 is 1. The molecule has 130 valence electrons. The van der Waals surface area contributed by atoms with E-state index in [4.69, 9.17) is 4.74 Å². The van der Waals surface area contributed by atoms with Crippen molar-refractivity contribution in [1.82, 2.24) is 14.7 Å². The summed E-state index contributed by atoms with van der Waals surface area (Å²) < 4.78 is 44.4. The lowest BCUT2D eigenvalue weighted by molar-refractivity contribution is -0.137. The topological polar surface area (TPSA) is 59.4 Å². The predicted octanol–water partition coefficient (Wildman–Crippen LogP) is 3.00. The minimum absolute atomic E-state index is 0.238. The van der Waals surface area contributed by atoms with E-state index in [1.807, 2.05) is 0 Å². The maximum absolute atomic E-state index is 12.7. The number of hydrogen-bond donors (Lipinski definition) is 1. The molecule has 0 fully saturated rings. The maximum Gasteiger partial charge on any atom is 0.416 e. The van der Waals surface area contributed by atoms with Crippen molar-refractivity contribution in [2.75, 3.05) is 32.6 Å². The van der Waals surface area contributed by atoms with Crippen LogP contribution in [0.2, 0.25) is 0 Å². The summed E-state index contributed by atoms with van der Waals surface area (Å²) in [5, 5.41) is 6.63. The molecule has 0 aliphatic carbocycles. The molecule has 1 N–H and O–H groups in total. The molecule has 24 heavy (non-hydrogen) atoms. The summed E-state index contributed by atoms with van der Waals surface area (Å²) in [6, 6.07) is 5.89. The number of hydrogen-bond acceptors (Lipinski definition) is 3. The Labute approximate surface area is 136 Å². The average molecular weight is 342 g/mol. The number of benzene rings is 1. The molecular weight excluding hydrogens is 325 g/mol. The molecule has 0 radical (unpaired) electrons. The van der Waals surface area contributed by atoms with Crippen LogP contribution in [-0.4, -0.2) is 48.0 Å². The third-order valence-electron chi connectivity index (χ3n) is 3.24. The van der Waals surface area contributed by atoms with E-state index in [2.05, 4.69) is 10.4 Å². The number of alkyl halides is 3. The standard InChI is InChI=1S/C15H17F3N4O2/c1-21(8-9-24-2)14(23)19-13-6-7-22(20-13)12-5-3-4-11(10-12)15(16,17)18/h3-7,10H,8-9H2,1-2H3,(H,19,20,23). The van der Waals surface area contributed by atoms with Gasteiger partial charge in [0.2, 0.25) is 0 Å². The van der Waals surface area contributed by atoms with Crippen molar-refractivity contribution in [3.8, 4) is 5.69 Å². The summed E-state index contributed by atoms with van der Waals surface area (Å²) in [6.07, 6.45) is -2.95. The lowest BCUT2D eigenvalue weighted by Gasteiger charge is -2.16. The van der Waals surface area contributed by atoms with Crippen molar-refractivity contribution in [1.29, 1.82) is 0 Å². The Kier molecular flexibility index (Phi) is 5.45. The molecule has 1 aromatic carbocycles. The van der Waals surface area contributed by atoms with E-state index in [1.165, 1.54) is 41.1 Å². The van der Waals surface area contributed by atoms with E-state index in [0.717, 1.165) is 12.1 Å². The number of aromatic nitrogens is 2. The number of halogens is 3. The van der Waals surface area contributed by atoms with Gasteiger partial charge in [-0.2, -0.15) is 13.2 Å². The average Bonchev–Trinajstić information content (AvgIpc) is 3.00. The summed E-state index contributed by atoms with van der Waals surface area (Å²) in [6.45, 7) is 0.791. The summed E-state index contributed by atoms with van der Waals surface area (Å²) in [4.78, 5) is 13.3. The molecule has 2 rings (SSSR count). The van der Waals surface area contributed by atoms with Gasteiger partial charge in [0.1, 0.15) is 0 Å². The van der Waals surface area contributed by atoms with Gasteiger partial charge in [0.05, 0.1) is 17.9 Å². The molecule has 0 aliphatic rings. The third-order valence-corrected chi connectivity index (χ3v) is 3.24. The van der Waals surface area contributed by atoms with Crippen LogP contribution in [0.5, 0.6) is 0 Å². The number of rotatable bonds is 5. The molecule has 9 heteroatoms. The minimum Gasteiger partial charge on any atom is -0.383 e. The molecule has 6 nitrogen and oxygen atoms in total. The number of carbonyl (C=O) groups is 1. The number of amides is 2. The van der Waals surface area contributed by atoms with E-state index in [-0.39, 0.29) is 17.5 Å². The second-order valence-corrected chi connectivity index (χ2v) is 5.04. The highest BCUT2D eigenvalue weighted by atomic mass is 19.4. The molecule has 1 aromatic heterocycles. The van der Waals surface area contributed by atoms with Crippen molar-refractivity contribution < 1.29 is 22.7 Å². The Morgan fingerprint density at radius 2 is 2.12 bits per heavy atom. The van der Waals surface area contributed by atoms with Gasteiger partial charge in [-0.05, 0) is 18.2 Å². The number of likely N-dealkylation sites (N-methyl/N-ethyl adjacent to an activating group) is 1. The van der Waals surface area contributed by atoms with Gasteiger partial charge in [-0.3, -0.25) is 5.32 Å². The molecule has 2 aromatic rings. The van der Waals surface area contributed by atoms with Gasteiger partial charge in [0, 0.05) is 33.0 Å². The SMILES string of the molecule is COCCN(C)C(=O)Nc1ccn(-c2cccc(C(F)(F)F)c2)n1. The summed E-state index contributed by atoms with van der Waals surface area (Å²) >= 11 is 0. The summed E-state index contributed by atoms with van der Waals surface area (Å²) in [5.41, 5.74) is -0.515. The van der Waals surface area contributed by atoms with Crippen LogP contribution in [0.3, 0.4) is 0 Å². The first-order chi connectivity index (χ1) is 11.3. The normalized spacial score (nSPS) is 11.4. The second kappa shape index (κ2) is 7.35. The fraction of sp³-hybridized carbons (Fsp3) is 0.333. The zero-order valence-electron chi connectivity index (χ0n) is 13.2. The fourth-order valence-electron chi connectivity index (χ4n) is 1.89. The Balaban J connectivity index is 2.10. The predicted molar refractivity (Wildman–Crippen MR) is 82.1 cm³/mol. The van der Waals surface area contributed by atoms with E-state index < -0.39 is 11.7 Å². The fourth-order valence-corrected chi connectivity index (χ4v) is 1.89. The number of ether oxygens (including phenoxy) is 1. The van der Waals surface area contributed by atoms with Crippen LogP contribution in [0, 0.1) is 0 Å². The highest BCUT2D eigenvalue weighted by Gasteiger charge is 2.30. The first-order valence-electron chi connectivity index (χ1n) is 7.05. The molecule has 2 amide bonds. The highest BCUT2D eigenvalue weighted by molar-refractivity contribution is 5.88. The van der Waals surface area contributed by atoms with E-state index in [9.17, 15) is 18.0 Å². The smallest absolute Gasteiger partial charge is 0.383 e. The lowest BCUT2D eigenvalue weighted by atomic mass is 10.2. The molecule has 0 atom stereocenters. The van der Waals surface area contributed by atoms with E-state index >= 15 is 0 Å². The molecule has 0 saturated carbocycles. The Morgan fingerprint density at radius 1 is 1.38 bits per heavy atom. The van der Waals surface area contributed by atoms with Crippen molar-refractivity contribution in [3.05, 3.63) is 42.1 Å². The van der Waals surface area contributed by atoms with Crippen LogP contribution in [0.15, 0.2) is 36.5 Å². The Hall–Kier alpha value is -2.55. The zero-order chi connectivity index (χ0) is 17.7. The Morgan fingerprint density at radius 3 is 2.79 bits per heavy atom. The second-order valence-electron chi connectivity index (χ2n) is 5.04. The molecule has 0 bridgehead atoms. The number of anilines is 1. The first-order valence-corrected chi connectivity index (χ1v) is 7.05. The van der Waals surface area contributed by atoms with Crippen molar-refractivity contribution in [2.24, 2.45) is 0 Å². The maximum atomic E-state index is 12.7. The zero-order valence-corrected chi connectivity index (χ0v) is 13.2. The lowest BCUT2D eigenvalue weighted by Crippen LogP contribution is -2.33. The highest BCUT2D eigenvalue weighted by Crippen LogP contribution is 2.30. The molecule has 0 spiro atoms. The van der Waals surface area contributed by atoms with Gasteiger partial charge in [-0.15, -0.1) is 5.10 Å². The van der Waals surface area contributed by atoms with Crippen LogP contribution in [0.4, 0.5) is 23.8 Å². The van der Waals surface area contributed by atoms with Gasteiger partial charge < -0.3 is 9.64 Å². The molecule has 0 aliphatic heterocycles. The Bertz CT molecular complexity index is 700. The van der Waals surface area contributed by atoms with Gasteiger partial charge in [0.15, 0.2) is 5.82 Å². The van der Waals surface area contributed by atoms with Gasteiger partial charge >= 0.3 is 12.2 Å². The van der Waals surface area contributed by atoms with Crippen molar-refractivity contribution >= 4 is 11.8 Å². The van der Waals surface area contributed by atoms with Gasteiger partial charge in [-0.25, -0.2) is 9.48 Å². The number of nitrogens with one attached hydrogen (secondary N) is 1. The van der Waals surface area contributed by atoms with Crippen LogP contribution in [0.1, 0.15) is 5.56 Å². The number of carbonyl (C=O) groups excluding carboxylic acids is 1. The number of nitrogens with zero attached hydrogens (tertiary/aromatic N) is 3. The molecule has 0 unspecified atom stereocenters. The molecular formula is C15H17F3N4O2. The largest absolute Gasteiger partial charge is 0.416 e. The van der Waals surface area contributed by atoms with Crippen LogP contribution in [-0.2, 0) is 10.9 Å². The third kappa shape index (κ3) is 4.48. The number of urea groups is 1. The van der Waals surface area contributed by atoms with Crippen molar-refractivity contribution in [3.63, 3.8) is 0 Å². The van der Waals surface area contributed by atoms with Gasteiger partial charge in [0.25, 0.3) is 0 Å². The van der Waals surface area contributed by atoms with Crippen molar-refractivity contribution in [2.45, 2.75) is 6.18 Å². The van der Waals surface area contributed by atoms with Gasteiger partial charge in [-0.1, -0.05) is 6.07 Å². The summed E-state index contributed by atoms with van der Waals surface area (Å²) in [7, 11) is 3.13. The first kappa shape index (κ1) is 17.8. The van der Waals surface area contributed by atoms with Crippen LogP contribution < -0.4 is 5.32 Å². The monoisotopic (exact) mass is 342 g/mol.